The van der Waals surface area contributed by atoms with E-state index in [1.54, 1.807) is 4.98 Å². The molecule has 0 saturated carbocycles. The molecule has 0 radical (unpaired) electrons. The second-order valence-electron chi connectivity index (χ2n) is 2.97. The average molecular weight is 238 g/mol. The number of aromatic nitrogens is 2. The summed E-state index contributed by atoms with van der Waals surface area (Å²) in [6.07, 6.45) is -4.74. The maximum atomic E-state index is 12.2. The fraction of sp³-hybridized carbons (Fsp3) is 0.500. The van der Waals surface area contributed by atoms with Crippen molar-refractivity contribution >= 4 is 0 Å². The van der Waals surface area contributed by atoms with Crippen LogP contribution in [0.15, 0.2) is 15.7 Å². The molecule has 1 heterocycles. The summed E-state index contributed by atoms with van der Waals surface area (Å²) in [5.74, 6) is 0. The Kier molecular flexibility index (Phi) is 3.53. The van der Waals surface area contributed by atoms with Crippen molar-refractivity contribution < 1.29 is 17.9 Å². The lowest BCUT2D eigenvalue weighted by Crippen LogP contribution is -2.37. The fourth-order valence-electron chi connectivity index (χ4n) is 1.07. The molecule has 1 N–H and O–H groups in total. The predicted octanol–water partition coefficient (Wildman–Crippen LogP) is 0.202. The maximum Gasteiger partial charge on any atom is 0.431 e. The summed E-state index contributed by atoms with van der Waals surface area (Å²) >= 11 is 0. The number of hydrogen-bond acceptors (Lipinski definition) is 3. The summed E-state index contributed by atoms with van der Waals surface area (Å²) in [6, 6.07) is 0.344. The Morgan fingerprint density at radius 2 is 2.06 bits per heavy atom. The number of methoxy groups -OCH3 is 1. The first-order chi connectivity index (χ1) is 7.36. The lowest BCUT2D eigenvalue weighted by molar-refractivity contribution is -0.141. The Hall–Kier alpha value is -1.57. The molecule has 0 atom stereocenters. The third-order valence-electron chi connectivity index (χ3n) is 1.85. The predicted molar refractivity (Wildman–Crippen MR) is 48.2 cm³/mol. The van der Waals surface area contributed by atoms with Gasteiger partial charge in [0.05, 0.1) is 13.2 Å². The van der Waals surface area contributed by atoms with Gasteiger partial charge in [-0.15, -0.1) is 0 Å². The van der Waals surface area contributed by atoms with Crippen LogP contribution in [-0.4, -0.2) is 23.3 Å². The van der Waals surface area contributed by atoms with Crippen molar-refractivity contribution in [3.8, 4) is 0 Å². The molecule has 8 heteroatoms. The van der Waals surface area contributed by atoms with E-state index in [9.17, 15) is 22.8 Å². The van der Waals surface area contributed by atoms with Gasteiger partial charge >= 0.3 is 11.9 Å². The van der Waals surface area contributed by atoms with Crippen LogP contribution >= 0.6 is 0 Å². The smallest absolute Gasteiger partial charge is 0.383 e. The molecule has 0 saturated heterocycles. The SMILES string of the molecule is COCCn1c(=O)cc(C(F)(F)F)[nH]c1=O. The van der Waals surface area contributed by atoms with E-state index in [-0.39, 0.29) is 13.2 Å². The van der Waals surface area contributed by atoms with Crippen molar-refractivity contribution in [1.82, 2.24) is 9.55 Å². The van der Waals surface area contributed by atoms with E-state index >= 15 is 0 Å². The molecular weight excluding hydrogens is 229 g/mol. The van der Waals surface area contributed by atoms with Gasteiger partial charge in [0.25, 0.3) is 5.56 Å². The van der Waals surface area contributed by atoms with Crippen LogP contribution in [-0.2, 0) is 17.5 Å². The maximum absolute atomic E-state index is 12.2. The van der Waals surface area contributed by atoms with Crippen molar-refractivity contribution in [2.45, 2.75) is 12.7 Å². The number of nitrogens with one attached hydrogen (secondary N) is 1. The van der Waals surface area contributed by atoms with Crippen molar-refractivity contribution in [2.24, 2.45) is 0 Å². The highest BCUT2D eigenvalue weighted by molar-refractivity contribution is 5.03. The number of H-pyrrole nitrogens is 1. The summed E-state index contributed by atoms with van der Waals surface area (Å²) in [5, 5.41) is 0. The molecule has 0 aliphatic carbocycles. The second kappa shape index (κ2) is 4.52. The Bertz CT molecular complexity index is 443. The minimum Gasteiger partial charge on any atom is -0.383 e. The first kappa shape index (κ1) is 12.5. The average Bonchev–Trinajstić information content (AvgIpc) is 2.15. The van der Waals surface area contributed by atoms with E-state index in [1.807, 2.05) is 0 Å². The van der Waals surface area contributed by atoms with Gasteiger partial charge in [0, 0.05) is 13.2 Å². The molecular formula is C8H9F3N2O3. The first-order valence-corrected chi connectivity index (χ1v) is 4.26. The molecule has 1 aromatic heterocycles. The lowest BCUT2D eigenvalue weighted by Gasteiger charge is -2.08. The highest BCUT2D eigenvalue weighted by atomic mass is 19.4. The zero-order valence-corrected chi connectivity index (χ0v) is 8.30. The topological polar surface area (TPSA) is 64.1 Å². The number of halogens is 3. The zero-order valence-electron chi connectivity index (χ0n) is 8.30. The largest absolute Gasteiger partial charge is 0.431 e. The van der Waals surface area contributed by atoms with Crippen molar-refractivity contribution in [3.05, 3.63) is 32.6 Å². The Balaban J connectivity index is 3.19. The standard InChI is InChI=1S/C8H9F3N2O3/c1-16-3-2-13-6(14)4-5(8(9,10)11)12-7(13)15/h4H,2-3H2,1H3,(H,12,15). The van der Waals surface area contributed by atoms with Crippen LogP contribution in [0.25, 0.3) is 0 Å². The van der Waals surface area contributed by atoms with Gasteiger partial charge in [-0.25, -0.2) is 4.79 Å². The van der Waals surface area contributed by atoms with Crippen molar-refractivity contribution in [2.75, 3.05) is 13.7 Å². The summed E-state index contributed by atoms with van der Waals surface area (Å²) in [5.41, 5.74) is -3.46. The lowest BCUT2D eigenvalue weighted by atomic mass is 10.4. The number of nitrogens with zero attached hydrogens (tertiary/aromatic N) is 1. The molecule has 0 amide bonds. The van der Waals surface area contributed by atoms with Crippen LogP contribution in [0.5, 0.6) is 0 Å². The summed E-state index contributed by atoms with van der Waals surface area (Å²) in [4.78, 5) is 24.0. The van der Waals surface area contributed by atoms with Gasteiger partial charge in [-0.2, -0.15) is 13.2 Å². The minimum absolute atomic E-state index is 0.0638. The molecule has 0 unspecified atom stereocenters. The molecule has 1 rings (SSSR count). The number of hydrogen-bond donors (Lipinski definition) is 1. The zero-order chi connectivity index (χ0) is 12.3. The Labute approximate surface area is 87.5 Å². The highest BCUT2D eigenvalue weighted by Crippen LogP contribution is 2.25. The van der Waals surface area contributed by atoms with Crippen LogP contribution in [0.1, 0.15) is 5.69 Å². The molecule has 16 heavy (non-hydrogen) atoms. The van der Waals surface area contributed by atoms with Gasteiger partial charge in [-0.05, 0) is 0 Å². The fourth-order valence-corrected chi connectivity index (χ4v) is 1.07. The third kappa shape index (κ3) is 2.72. The number of ether oxygens (including phenoxy) is 1. The third-order valence-corrected chi connectivity index (χ3v) is 1.85. The van der Waals surface area contributed by atoms with Gasteiger partial charge in [0.15, 0.2) is 0 Å². The normalized spacial score (nSPS) is 11.8. The summed E-state index contributed by atoms with van der Waals surface area (Å²) in [7, 11) is 1.35. The van der Waals surface area contributed by atoms with E-state index in [2.05, 4.69) is 4.74 Å². The van der Waals surface area contributed by atoms with Gasteiger partial charge in [-0.3, -0.25) is 9.36 Å². The molecule has 0 spiro atoms. The molecule has 0 bridgehead atoms. The van der Waals surface area contributed by atoms with Crippen LogP contribution in [0.2, 0.25) is 0 Å². The van der Waals surface area contributed by atoms with Crippen LogP contribution in [0.4, 0.5) is 13.2 Å². The van der Waals surface area contributed by atoms with Crippen LogP contribution < -0.4 is 11.2 Å². The van der Waals surface area contributed by atoms with Crippen LogP contribution in [0.3, 0.4) is 0 Å². The minimum atomic E-state index is -4.74. The molecule has 0 aliphatic heterocycles. The quantitative estimate of drug-likeness (QED) is 0.818. The van der Waals surface area contributed by atoms with Gasteiger partial charge in [0.2, 0.25) is 0 Å². The number of aromatic amines is 1. The molecule has 1 aromatic rings. The van der Waals surface area contributed by atoms with Gasteiger partial charge in [-0.1, -0.05) is 0 Å². The molecule has 90 valence electrons. The van der Waals surface area contributed by atoms with Gasteiger partial charge < -0.3 is 9.72 Å². The Morgan fingerprint density at radius 3 is 2.50 bits per heavy atom. The van der Waals surface area contributed by atoms with E-state index in [0.29, 0.717) is 10.6 Å². The monoisotopic (exact) mass is 238 g/mol. The number of rotatable bonds is 3. The summed E-state index contributed by atoms with van der Waals surface area (Å²) < 4.78 is 41.8. The first-order valence-electron chi connectivity index (χ1n) is 4.26. The number of alkyl halides is 3. The van der Waals surface area contributed by atoms with Crippen LogP contribution in [0, 0.1) is 0 Å². The molecule has 0 aliphatic rings. The van der Waals surface area contributed by atoms with E-state index in [4.69, 9.17) is 0 Å². The van der Waals surface area contributed by atoms with E-state index < -0.39 is 23.1 Å². The van der Waals surface area contributed by atoms with Crippen molar-refractivity contribution in [3.63, 3.8) is 0 Å². The molecule has 0 fully saturated rings. The second-order valence-corrected chi connectivity index (χ2v) is 2.97. The van der Waals surface area contributed by atoms with E-state index in [0.717, 1.165) is 0 Å². The van der Waals surface area contributed by atoms with Crippen molar-refractivity contribution in [1.29, 1.82) is 0 Å². The molecule has 0 aromatic carbocycles. The highest BCUT2D eigenvalue weighted by Gasteiger charge is 2.32. The Morgan fingerprint density at radius 1 is 1.44 bits per heavy atom. The van der Waals surface area contributed by atoms with E-state index in [1.165, 1.54) is 7.11 Å². The summed E-state index contributed by atoms with van der Waals surface area (Å²) in [6.45, 7) is -0.0306. The molecule has 5 nitrogen and oxygen atoms in total. The van der Waals surface area contributed by atoms with Gasteiger partial charge in [0.1, 0.15) is 5.69 Å².